The van der Waals surface area contributed by atoms with E-state index < -0.39 is 0 Å². The predicted molar refractivity (Wildman–Crippen MR) is 77.9 cm³/mol. The zero-order valence-electron chi connectivity index (χ0n) is 10.5. The molecule has 0 atom stereocenters. The summed E-state index contributed by atoms with van der Waals surface area (Å²) < 4.78 is 14.1. The molecule has 3 nitrogen and oxygen atoms in total. The summed E-state index contributed by atoms with van der Waals surface area (Å²) in [6, 6.07) is 7.19. The van der Waals surface area contributed by atoms with Gasteiger partial charge in [-0.3, -0.25) is 4.99 Å². The molecule has 0 saturated heterocycles. The van der Waals surface area contributed by atoms with Crippen LogP contribution in [0.4, 0.5) is 4.39 Å². The Balaban J connectivity index is 1.96. The van der Waals surface area contributed by atoms with Crippen LogP contribution in [-0.4, -0.2) is 11.9 Å². The Hall–Kier alpha value is -1.46. The first-order chi connectivity index (χ1) is 9.26. The van der Waals surface area contributed by atoms with Crippen molar-refractivity contribution in [3.05, 3.63) is 35.0 Å². The van der Waals surface area contributed by atoms with Crippen LogP contribution in [0.3, 0.4) is 0 Å². The van der Waals surface area contributed by atoms with E-state index in [0.717, 1.165) is 27.8 Å². The van der Waals surface area contributed by atoms with Crippen LogP contribution in [0.2, 0.25) is 0 Å². The molecule has 1 fully saturated rings. The molecule has 1 saturated carbocycles. The van der Waals surface area contributed by atoms with Crippen molar-refractivity contribution >= 4 is 27.3 Å². The van der Waals surface area contributed by atoms with Crippen molar-refractivity contribution in [3.63, 3.8) is 0 Å². The van der Waals surface area contributed by atoms with Gasteiger partial charge in [-0.1, -0.05) is 18.9 Å². The van der Waals surface area contributed by atoms with Gasteiger partial charge in [0.1, 0.15) is 5.82 Å². The molecule has 0 amide bonds. The van der Waals surface area contributed by atoms with Gasteiger partial charge in [0.15, 0.2) is 5.84 Å². The third kappa shape index (κ3) is 2.62. The average Bonchev–Trinajstić information content (AvgIpc) is 3.03. The standard InChI is InChI=1S/C14H16FN3S/c15-10-6-5-9-7-13(19-12(9)8-10)14(18-16)17-11-3-1-2-4-11/h5-8,11H,1-4,16H2,(H,17,18). The zero-order valence-corrected chi connectivity index (χ0v) is 11.3. The molecule has 0 unspecified atom stereocenters. The number of aliphatic imine (C=N–C) groups is 1. The maximum atomic E-state index is 13.2. The van der Waals surface area contributed by atoms with Gasteiger partial charge in [-0.25, -0.2) is 10.2 Å². The Kier molecular flexibility index (Phi) is 3.48. The smallest absolute Gasteiger partial charge is 0.153 e. The SMILES string of the molecule is NNC(=NC1CCCC1)c1cc2ccc(F)cc2s1. The van der Waals surface area contributed by atoms with Crippen molar-refractivity contribution in [2.75, 3.05) is 0 Å². The number of rotatable bonds is 2. The Bertz CT molecular complexity index is 614. The van der Waals surface area contributed by atoms with Crippen LogP contribution < -0.4 is 11.3 Å². The molecule has 100 valence electrons. The van der Waals surface area contributed by atoms with Gasteiger partial charge in [0, 0.05) is 4.70 Å². The Morgan fingerprint density at radius 3 is 2.84 bits per heavy atom. The molecule has 0 bridgehead atoms. The van der Waals surface area contributed by atoms with Gasteiger partial charge in [0.25, 0.3) is 0 Å². The molecule has 3 rings (SSSR count). The van der Waals surface area contributed by atoms with Crippen LogP contribution in [0.25, 0.3) is 10.1 Å². The normalized spacial score (nSPS) is 17.3. The fourth-order valence-electron chi connectivity index (χ4n) is 2.51. The van der Waals surface area contributed by atoms with E-state index in [2.05, 4.69) is 10.4 Å². The van der Waals surface area contributed by atoms with Crippen LogP contribution in [0.1, 0.15) is 30.6 Å². The summed E-state index contributed by atoms with van der Waals surface area (Å²) in [6.45, 7) is 0. The van der Waals surface area contributed by atoms with Gasteiger partial charge >= 0.3 is 0 Å². The van der Waals surface area contributed by atoms with Gasteiger partial charge in [-0.2, -0.15) is 0 Å². The summed E-state index contributed by atoms with van der Waals surface area (Å²) in [4.78, 5) is 5.65. The zero-order chi connectivity index (χ0) is 13.2. The molecule has 1 aliphatic carbocycles. The number of nitrogens with one attached hydrogen (secondary N) is 1. The molecule has 19 heavy (non-hydrogen) atoms. The highest BCUT2D eigenvalue weighted by Crippen LogP contribution is 2.28. The molecule has 0 aliphatic heterocycles. The van der Waals surface area contributed by atoms with Crippen molar-refractivity contribution in [1.29, 1.82) is 0 Å². The molecule has 5 heteroatoms. The topological polar surface area (TPSA) is 50.4 Å². The number of nitrogens with zero attached hydrogens (tertiary/aromatic N) is 1. The van der Waals surface area contributed by atoms with E-state index in [1.807, 2.05) is 6.07 Å². The van der Waals surface area contributed by atoms with Crippen molar-refractivity contribution in [3.8, 4) is 0 Å². The summed E-state index contributed by atoms with van der Waals surface area (Å²) in [5.41, 5.74) is 2.69. The molecule has 3 N–H and O–H groups in total. The van der Waals surface area contributed by atoms with Gasteiger partial charge in [-0.05, 0) is 36.4 Å². The largest absolute Gasteiger partial charge is 0.308 e. The number of amidine groups is 1. The number of fused-ring (bicyclic) bond motifs is 1. The van der Waals surface area contributed by atoms with Crippen LogP contribution in [0.15, 0.2) is 29.3 Å². The van der Waals surface area contributed by atoms with Gasteiger partial charge < -0.3 is 5.43 Å². The van der Waals surface area contributed by atoms with E-state index in [4.69, 9.17) is 5.84 Å². The Morgan fingerprint density at radius 2 is 2.11 bits per heavy atom. The van der Waals surface area contributed by atoms with Crippen molar-refractivity contribution < 1.29 is 4.39 Å². The molecule has 1 heterocycles. The quantitative estimate of drug-likeness (QED) is 0.383. The Morgan fingerprint density at radius 1 is 1.32 bits per heavy atom. The predicted octanol–water partition coefficient (Wildman–Crippen LogP) is 3.19. The minimum atomic E-state index is -0.212. The van der Waals surface area contributed by atoms with Crippen molar-refractivity contribution in [2.24, 2.45) is 10.8 Å². The van der Waals surface area contributed by atoms with E-state index in [1.54, 1.807) is 12.1 Å². The lowest BCUT2D eigenvalue weighted by Gasteiger charge is -2.07. The molecular formula is C14H16FN3S. The highest BCUT2D eigenvalue weighted by atomic mass is 32.1. The first-order valence-corrected chi connectivity index (χ1v) is 7.32. The monoisotopic (exact) mass is 277 g/mol. The van der Waals surface area contributed by atoms with Gasteiger partial charge in [0.05, 0.1) is 10.9 Å². The minimum Gasteiger partial charge on any atom is -0.308 e. The molecule has 1 aromatic carbocycles. The minimum absolute atomic E-state index is 0.212. The molecule has 1 aromatic heterocycles. The van der Waals surface area contributed by atoms with Gasteiger partial charge in [0.2, 0.25) is 0 Å². The van der Waals surface area contributed by atoms with Crippen LogP contribution in [-0.2, 0) is 0 Å². The Labute approximate surface area is 115 Å². The third-order valence-electron chi connectivity index (χ3n) is 3.49. The molecular weight excluding hydrogens is 261 g/mol. The van der Waals surface area contributed by atoms with Crippen LogP contribution in [0, 0.1) is 5.82 Å². The second kappa shape index (κ2) is 5.27. The molecule has 1 aliphatic rings. The number of benzene rings is 1. The summed E-state index contributed by atoms with van der Waals surface area (Å²) in [7, 11) is 0. The van der Waals surface area contributed by atoms with Crippen LogP contribution in [0.5, 0.6) is 0 Å². The number of nitrogens with two attached hydrogens (primary N) is 1. The van der Waals surface area contributed by atoms with E-state index in [1.165, 1.54) is 30.2 Å². The summed E-state index contributed by atoms with van der Waals surface area (Å²) in [6.07, 6.45) is 4.74. The van der Waals surface area contributed by atoms with E-state index in [0.29, 0.717) is 11.9 Å². The first kappa shape index (κ1) is 12.6. The molecule has 0 radical (unpaired) electrons. The second-order valence-electron chi connectivity index (χ2n) is 4.85. The lowest BCUT2D eigenvalue weighted by Crippen LogP contribution is -2.31. The van der Waals surface area contributed by atoms with Crippen molar-refractivity contribution in [1.82, 2.24) is 5.43 Å². The summed E-state index contributed by atoms with van der Waals surface area (Å²) >= 11 is 1.51. The van der Waals surface area contributed by atoms with Crippen molar-refractivity contribution in [2.45, 2.75) is 31.7 Å². The maximum absolute atomic E-state index is 13.2. The number of halogens is 1. The first-order valence-electron chi connectivity index (χ1n) is 6.50. The number of hydrogen-bond donors (Lipinski definition) is 2. The second-order valence-corrected chi connectivity index (χ2v) is 5.94. The van der Waals surface area contributed by atoms with E-state index in [9.17, 15) is 4.39 Å². The highest BCUT2D eigenvalue weighted by molar-refractivity contribution is 7.20. The average molecular weight is 277 g/mol. The van der Waals surface area contributed by atoms with Crippen LogP contribution >= 0.6 is 11.3 Å². The highest BCUT2D eigenvalue weighted by Gasteiger charge is 2.16. The molecule has 0 spiro atoms. The molecule has 2 aromatic rings. The van der Waals surface area contributed by atoms with E-state index >= 15 is 0 Å². The number of hydrazine groups is 1. The lowest BCUT2D eigenvalue weighted by atomic mass is 10.2. The fraction of sp³-hybridized carbons (Fsp3) is 0.357. The maximum Gasteiger partial charge on any atom is 0.153 e. The summed E-state index contributed by atoms with van der Waals surface area (Å²) in [5.74, 6) is 6.09. The van der Waals surface area contributed by atoms with Gasteiger partial charge in [-0.15, -0.1) is 11.3 Å². The number of thiophene rings is 1. The number of hydrogen-bond acceptors (Lipinski definition) is 3. The fourth-order valence-corrected chi connectivity index (χ4v) is 3.56. The summed E-state index contributed by atoms with van der Waals surface area (Å²) in [5, 5.41) is 1.02. The van der Waals surface area contributed by atoms with E-state index in [-0.39, 0.29) is 5.82 Å². The lowest BCUT2D eigenvalue weighted by molar-refractivity contribution is 0.630. The third-order valence-corrected chi connectivity index (χ3v) is 4.59.